The minimum absolute atomic E-state index is 0.0706. The maximum atomic E-state index is 9.85. The summed E-state index contributed by atoms with van der Waals surface area (Å²) in [5.41, 5.74) is 0. The predicted molar refractivity (Wildman–Crippen MR) is 21.7 cm³/mol. The Balaban J connectivity index is 3.32. The van der Waals surface area contributed by atoms with E-state index in [1.54, 1.807) is 5.32 Å². The third-order valence-electron chi connectivity index (χ3n) is 0.332. The third kappa shape index (κ3) is 2.83. The van der Waals surface area contributed by atoms with Crippen LogP contribution in [0.2, 0.25) is 0 Å². The van der Waals surface area contributed by atoms with Crippen molar-refractivity contribution in [1.29, 1.82) is 0 Å². The van der Waals surface area contributed by atoms with Gasteiger partial charge < -0.3 is 4.74 Å². The van der Waals surface area contributed by atoms with Crippen LogP contribution in [-0.4, -0.2) is 19.0 Å². The molecule has 44 valence electrons. The Morgan fingerprint density at radius 2 is 2.12 bits per heavy atom. The quantitative estimate of drug-likeness (QED) is 0.373. The third-order valence-corrected chi connectivity index (χ3v) is 0.332. The zero-order valence-electron chi connectivity index (χ0n) is 3.79. The lowest BCUT2D eigenvalue weighted by atomic mass is 11.1. The van der Waals surface area contributed by atoms with E-state index in [1.165, 1.54) is 0 Å². The molecular weight excluding hydrogens is 114 g/mol. The van der Waals surface area contributed by atoms with Crippen LogP contribution in [0.3, 0.4) is 0 Å². The molecule has 0 aromatic heterocycles. The first-order chi connectivity index (χ1) is 3.81. The second-order valence-corrected chi connectivity index (χ2v) is 0.764. The van der Waals surface area contributed by atoms with Crippen LogP contribution < -0.4 is 5.32 Å². The summed E-state index contributed by atoms with van der Waals surface area (Å²) in [5.74, 6) is 0. The van der Waals surface area contributed by atoms with Gasteiger partial charge in [-0.1, -0.05) is 0 Å². The highest BCUT2D eigenvalue weighted by Gasteiger charge is 1.94. The number of amides is 2. The molecule has 0 radical (unpaired) electrons. The normalized spacial score (nSPS) is 7.00. The fourth-order valence-electron chi connectivity index (χ4n) is 0.126. The van der Waals surface area contributed by atoms with Crippen LogP contribution in [-0.2, 0) is 14.3 Å². The van der Waals surface area contributed by atoms with Crippen molar-refractivity contribution in [2.24, 2.45) is 0 Å². The van der Waals surface area contributed by atoms with Gasteiger partial charge in [-0.05, 0) is 0 Å². The molecule has 0 fully saturated rings. The molecule has 5 nitrogen and oxygen atoms in total. The van der Waals surface area contributed by atoms with Gasteiger partial charge in [0.15, 0.2) is 0 Å². The summed E-state index contributed by atoms with van der Waals surface area (Å²) in [6, 6.07) is 0. The first-order valence-electron chi connectivity index (χ1n) is 1.65. The number of carbonyl (C=O) groups excluding carboxylic acids is 3. The monoisotopic (exact) mass is 117 g/mol. The summed E-state index contributed by atoms with van der Waals surface area (Å²) in [4.78, 5) is 28.5. The first kappa shape index (κ1) is 6.61. The predicted octanol–water partition coefficient (Wildman–Crippen LogP) is -0.975. The Bertz CT molecular complexity index is 97.9. The molecule has 0 heterocycles. The van der Waals surface area contributed by atoms with Gasteiger partial charge >= 0.3 is 12.6 Å². The summed E-state index contributed by atoms with van der Waals surface area (Å²) in [6.07, 6.45) is -0.957. The molecule has 0 saturated carbocycles. The Morgan fingerprint density at radius 1 is 1.50 bits per heavy atom. The summed E-state index contributed by atoms with van der Waals surface area (Å²) >= 11 is 0. The largest absolute Gasteiger partial charge is 0.421 e. The van der Waals surface area contributed by atoms with Gasteiger partial charge in [-0.25, -0.2) is 4.79 Å². The molecule has 1 N–H and O–H groups in total. The molecule has 0 aromatic rings. The molecule has 0 spiro atoms. The van der Waals surface area contributed by atoms with Gasteiger partial charge in [0.25, 0.3) is 0 Å². The molecule has 0 saturated heterocycles. The molecule has 0 atom stereocenters. The topological polar surface area (TPSA) is 72.5 Å². The van der Waals surface area contributed by atoms with Gasteiger partial charge in [-0.15, -0.1) is 0 Å². The van der Waals surface area contributed by atoms with Crippen LogP contribution in [0.1, 0.15) is 0 Å². The molecule has 0 aromatic carbocycles. The number of rotatable bonds is 2. The number of alkyl carbamates (subject to hydrolysis) is 1. The molecule has 0 aliphatic heterocycles. The smallest absolute Gasteiger partial charge is 0.378 e. The van der Waals surface area contributed by atoms with E-state index < -0.39 is 6.09 Å². The minimum Gasteiger partial charge on any atom is -0.378 e. The van der Waals surface area contributed by atoms with Crippen LogP contribution >= 0.6 is 0 Å². The number of hydrogen-bond acceptors (Lipinski definition) is 4. The fraction of sp³-hybridized carbons (Fsp3) is 0. The average molecular weight is 117 g/mol. The molecule has 0 aliphatic rings. The van der Waals surface area contributed by atoms with E-state index in [0.29, 0.717) is 0 Å². The van der Waals surface area contributed by atoms with E-state index >= 15 is 0 Å². The molecule has 0 unspecified atom stereocenters. The van der Waals surface area contributed by atoms with E-state index in [1.807, 2.05) is 0 Å². The highest BCUT2D eigenvalue weighted by Crippen LogP contribution is 1.64. The van der Waals surface area contributed by atoms with E-state index in [9.17, 15) is 14.4 Å². The van der Waals surface area contributed by atoms with E-state index in [0.717, 1.165) is 0 Å². The van der Waals surface area contributed by atoms with Crippen LogP contribution in [0.25, 0.3) is 0 Å². The Morgan fingerprint density at radius 3 is 2.50 bits per heavy atom. The van der Waals surface area contributed by atoms with Gasteiger partial charge in [0, 0.05) is 0 Å². The van der Waals surface area contributed by atoms with Crippen molar-refractivity contribution in [3.05, 3.63) is 0 Å². The van der Waals surface area contributed by atoms with Gasteiger partial charge in [0.2, 0.25) is 6.41 Å². The molecule has 8 heavy (non-hydrogen) atoms. The zero-order valence-corrected chi connectivity index (χ0v) is 3.79. The molecule has 0 bridgehead atoms. The second kappa shape index (κ2) is 3.79. The average Bonchev–Trinajstić information content (AvgIpc) is 1.68. The Hall–Kier alpha value is -1.39. The highest BCUT2D eigenvalue weighted by molar-refractivity contribution is 5.83. The van der Waals surface area contributed by atoms with Gasteiger partial charge in [-0.2, -0.15) is 0 Å². The molecule has 0 rings (SSSR count). The van der Waals surface area contributed by atoms with Crippen molar-refractivity contribution in [1.82, 2.24) is 5.32 Å². The van der Waals surface area contributed by atoms with Gasteiger partial charge in [-0.3, -0.25) is 14.9 Å². The lowest BCUT2D eigenvalue weighted by molar-refractivity contribution is -0.123. The van der Waals surface area contributed by atoms with Gasteiger partial charge in [0.1, 0.15) is 0 Å². The minimum atomic E-state index is -1.07. The highest BCUT2D eigenvalue weighted by atomic mass is 16.6. The van der Waals surface area contributed by atoms with E-state index in [2.05, 4.69) is 4.74 Å². The molecular formula is C3H3NO4. The van der Waals surface area contributed by atoms with Crippen LogP contribution in [0.4, 0.5) is 4.79 Å². The van der Waals surface area contributed by atoms with Gasteiger partial charge in [0.05, 0.1) is 0 Å². The van der Waals surface area contributed by atoms with Crippen molar-refractivity contribution in [2.75, 3.05) is 0 Å². The zero-order chi connectivity index (χ0) is 6.41. The Labute approximate surface area is 44.6 Å². The number of carbonyl (C=O) groups is 3. The standard InChI is InChI=1S/C3H3NO4/c5-1-4-3(7)8-2-6/h1-2H,(H,4,5,7). The summed E-state index contributed by atoms with van der Waals surface area (Å²) in [5, 5.41) is 1.57. The van der Waals surface area contributed by atoms with Crippen LogP contribution in [0, 0.1) is 0 Å². The lowest BCUT2D eigenvalue weighted by Crippen LogP contribution is -2.21. The Kier molecular flexibility index (Phi) is 3.13. The summed E-state index contributed by atoms with van der Waals surface area (Å²) in [6.45, 7) is -0.0706. The van der Waals surface area contributed by atoms with E-state index in [4.69, 9.17) is 0 Å². The number of imide groups is 1. The fourth-order valence-corrected chi connectivity index (χ4v) is 0.126. The molecule has 2 amide bonds. The molecule has 5 heteroatoms. The SMILES string of the molecule is O=CNC(=O)OC=O. The summed E-state index contributed by atoms with van der Waals surface area (Å²) < 4.78 is 3.62. The van der Waals surface area contributed by atoms with Crippen molar-refractivity contribution >= 4 is 19.0 Å². The maximum absolute atomic E-state index is 9.85. The van der Waals surface area contributed by atoms with Crippen LogP contribution in [0.5, 0.6) is 0 Å². The van der Waals surface area contributed by atoms with Crippen LogP contribution in [0.15, 0.2) is 0 Å². The number of hydrogen-bond donors (Lipinski definition) is 1. The maximum Gasteiger partial charge on any atom is 0.421 e. The number of nitrogens with one attached hydrogen (secondary N) is 1. The lowest BCUT2D eigenvalue weighted by Gasteiger charge is -1.87. The van der Waals surface area contributed by atoms with Crippen molar-refractivity contribution < 1.29 is 19.1 Å². The molecule has 0 aliphatic carbocycles. The first-order valence-corrected chi connectivity index (χ1v) is 1.65. The van der Waals surface area contributed by atoms with E-state index in [-0.39, 0.29) is 12.9 Å². The number of ether oxygens (including phenoxy) is 1. The van der Waals surface area contributed by atoms with Crippen molar-refractivity contribution in [3.8, 4) is 0 Å². The van der Waals surface area contributed by atoms with Crippen molar-refractivity contribution in [2.45, 2.75) is 0 Å². The second-order valence-electron chi connectivity index (χ2n) is 0.764. The van der Waals surface area contributed by atoms with Crippen molar-refractivity contribution in [3.63, 3.8) is 0 Å². The summed E-state index contributed by atoms with van der Waals surface area (Å²) in [7, 11) is 0.